The van der Waals surface area contributed by atoms with E-state index < -0.39 is 6.36 Å². The molecule has 0 atom stereocenters. The summed E-state index contributed by atoms with van der Waals surface area (Å²) in [5.74, 6) is -0.231. The molecule has 1 aromatic carbocycles. The number of alkyl halides is 3. The molecule has 1 aromatic rings. The standard InChI is InChI=1S/C13H17BrF3N3O/c1-19-4-6-20(7-5-19)18-9-10-2-3-12(11(14)8-10)21-13(15,16)17/h2-3,8,18H,4-7,9H2,1H3. The summed E-state index contributed by atoms with van der Waals surface area (Å²) in [7, 11) is 2.08. The fraction of sp³-hybridized carbons (Fsp3) is 0.538. The lowest BCUT2D eigenvalue weighted by Crippen LogP contribution is -2.50. The predicted molar refractivity (Wildman–Crippen MR) is 76.7 cm³/mol. The van der Waals surface area contributed by atoms with E-state index in [4.69, 9.17) is 0 Å². The minimum absolute atomic E-state index is 0.231. The Morgan fingerprint density at radius 2 is 1.90 bits per heavy atom. The van der Waals surface area contributed by atoms with Crippen molar-refractivity contribution in [3.8, 4) is 5.75 Å². The maximum absolute atomic E-state index is 12.2. The minimum Gasteiger partial charge on any atom is -0.405 e. The van der Waals surface area contributed by atoms with Crippen LogP contribution in [0.2, 0.25) is 0 Å². The van der Waals surface area contributed by atoms with Crippen molar-refractivity contribution in [2.45, 2.75) is 12.9 Å². The molecule has 0 amide bonds. The van der Waals surface area contributed by atoms with E-state index >= 15 is 0 Å². The lowest BCUT2D eigenvalue weighted by atomic mass is 10.2. The smallest absolute Gasteiger partial charge is 0.405 e. The van der Waals surface area contributed by atoms with Crippen LogP contribution in [0.25, 0.3) is 0 Å². The third-order valence-electron chi connectivity index (χ3n) is 3.23. The van der Waals surface area contributed by atoms with E-state index in [1.807, 2.05) is 0 Å². The molecule has 0 radical (unpaired) electrons. The zero-order valence-electron chi connectivity index (χ0n) is 11.6. The molecule has 4 nitrogen and oxygen atoms in total. The third-order valence-corrected chi connectivity index (χ3v) is 3.85. The molecule has 0 unspecified atom stereocenters. The normalized spacial score (nSPS) is 18.0. The zero-order valence-corrected chi connectivity index (χ0v) is 13.2. The van der Waals surface area contributed by atoms with Gasteiger partial charge in [0, 0.05) is 32.7 Å². The van der Waals surface area contributed by atoms with Crippen molar-refractivity contribution in [3.63, 3.8) is 0 Å². The second kappa shape index (κ2) is 6.95. The molecule has 0 spiro atoms. The van der Waals surface area contributed by atoms with E-state index in [1.165, 1.54) is 6.07 Å². The number of likely N-dealkylation sites (N-methyl/N-ethyl adjacent to an activating group) is 1. The summed E-state index contributed by atoms with van der Waals surface area (Å²) in [6, 6.07) is 4.57. The van der Waals surface area contributed by atoms with Crippen LogP contribution in [0.5, 0.6) is 5.75 Å². The van der Waals surface area contributed by atoms with Gasteiger partial charge in [-0.2, -0.15) is 0 Å². The first kappa shape index (κ1) is 16.5. The second-order valence-corrected chi connectivity index (χ2v) is 5.79. The van der Waals surface area contributed by atoms with E-state index in [1.54, 1.807) is 12.1 Å². The molecule has 21 heavy (non-hydrogen) atoms. The third kappa shape index (κ3) is 5.46. The number of benzene rings is 1. The Balaban J connectivity index is 1.88. The highest BCUT2D eigenvalue weighted by molar-refractivity contribution is 9.10. The van der Waals surface area contributed by atoms with Crippen LogP contribution >= 0.6 is 15.9 Å². The molecule has 0 bridgehead atoms. The number of nitrogens with zero attached hydrogens (tertiary/aromatic N) is 2. The average Bonchev–Trinajstić information content (AvgIpc) is 2.40. The highest BCUT2D eigenvalue weighted by Crippen LogP contribution is 2.31. The van der Waals surface area contributed by atoms with Crippen LogP contribution in [0, 0.1) is 0 Å². The number of hydrogen-bond acceptors (Lipinski definition) is 4. The Kier molecular flexibility index (Phi) is 5.48. The maximum Gasteiger partial charge on any atom is 0.573 e. The molecule has 1 saturated heterocycles. The average molecular weight is 368 g/mol. The molecule has 0 saturated carbocycles. The molecule has 118 valence electrons. The molecule has 8 heteroatoms. The molecule has 1 heterocycles. The zero-order chi connectivity index (χ0) is 15.5. The van der Waals surface area contributed by atoms with Crippen LogP contribution in [-0.4, -0.2) is 49.5 Å². The van der Waals surface area contributed by atoms with Gasteiger partial charge in [0.1, 0.15) is 5.75 Å². The Morgan fingerprint density at radius 1 is 1.24 bits per heavy atom. The van der Waals surface area contributed by atoms with E-state index in [9.17, 15) is 13.2 Å². The fourth-order valence-electron chi connectivity index (χ4n) is 2.03. The van der Waals surface area contributed by atoms with Crippen LogP contribution in [0.15, 0.2) is 22.7 Å². The van der Waals surface area contributed by atoms with Gasteiger partial charge in [0.15, 0.2) is 0 Å². The summed E-state index contributed by atoms with van der Waals surface area (Å²) in [5.41, 5.74) is 4.16. The van der Waals surface area contributed by atoms with Crippen molar-refractivity contribution in [1.82, 2.24) is 15.3 Å². The molecule has 1 aliphatic heterocycles. The van der Waals surface area contributed by atoms with Crippen LogP contribution in [0.4, 0.5) is 13.2 Å². The Bertz CT molecular complexity index is 476. The quantitative estimate of drug-likeness (QED) is 0.885. The Labute approximate surface area is 129 Å². The highest BCUT2D eigenvalue weighted by Gasteiger charge is 2.31. The monoisotopic (exact) mass is 367 g/mol. The number of halogens is 4. The van der Waals surface area contributed by atoms with Crippen molar-refractivity contribution in [2.75, 3.05) is 33.2 Å². The number of hydrazine groups is 1. The van der Waals surface area contributed by atoms with Gasteiger partial charge in [-0.3, -0.25) is 5.43 Å². The predicted octanol–water partition coefficient (Wildman–Crippen LogP) is 2.60. The number of hydrogen-bond donors (Lipinski definition) is 1. The summed E-state index contributed by atoms with van der Waals surface area (Å²) in [6.07, 6.45) is -4.68. The largest absolute Gasteiger partial charge is 0.573 e. The number of piperazine rings is 1. The van der Waals surface area contributed by atoms with Gasteiger partial charge in [0.2, 0.25) is 0 Å². The van der Waals surface area contributed by atoms with E-state index in [0.29, 0.717) is 6.54 Å². The molecule has 2 rings (SSSR count). The van der Waals surface area contributed by atoms with Crippen LogP contribution in [0.1, 0.15) is 5.56 Å². The van der Waals surface area contributed by atoms with Gasteiger partial charge >= 0.3 is 6.36 Å². The van der Waals surface area contributed by atoms with Gasteiger partial charge in [0.05, 0.1) is 4.47 Å². The Morgan fingerprint density at radius 3 is 2.48 bits per heavy atom. The van der Waals surface area contributed by atoms with Crippen LogP contribution in [0.3, 0.4) is 0 Å². The minimum atomic E-state index is -4.68. The van der Waals surface area contributed by atoms with E-state index in [0.717, 1.165) is 31.7 Å². The summed E-state index contributed by atoms with van der Waals surface area (Å²) >= 11 is 3.10. The number of nitrogens with one attached hydrogen (secondary N) is 1. The topological polar surface area (TPSA) is 27.7 Å². The summed E-state index contributed by atoms with van der Waals surface area (Å²) in [5, 5.41) is 2.12. The molecule has 1 N–H and O–H groups in total. The van der Waals surface area contributed by atoms with Gasteiger partial charge < -0.3 is 9.64 Å². The van der Waals surface area contributed by atoms with Crippen molar-refractivity contribution in [3.05, 3.63) is 28.2 Å². The first-order valence-electron chi connectivity index (χ1n) is 6.55. The maximum atomic E-state index is 12.2. The lowest BCUT2D eigenvalue weighted by Gasteiger charge is -2.32. The van der Waals surface area contributed by atoms with Crippen LogP contribution in [-0.2, 0) is 6.54 Å². The second-order valence-electron chi connectivity index (χ2n) is 4.94. The summed E-state index contributed by atoms with van der Waals surface area (Å²) in [6.45, 7) is 4.40. The summed E-state index contributed by atoms with van der Waals surface area (Å²) in [4.78, 5) is 2.25. The van der Waals surface area contributed by atoms with Crippen molar-refractivity contribution in [1.29, 1.82) is 0 Å². The highest BCUT2D eigenvalue weighted by atomic mass is 79.9. The lowest BCUT2D eigenvalue weighted by molar-refractivity contribution is -0.274. The molecular formula is C13H17BrF3N3O. The number of rotatable bonds is 4. The SMILES string of the molecule is CN1CCN(NCc2ccc(OC(F)(F)F)c(Br)c2)CC1. The van der Waals surface area contributed by atoms with Gasteiger partial charge in [0.25, 0.3) is 0 Å². The molecule has 1 aliphatic rings. The van der Waals surface area contributed by atoms with Gasteiger partial charge in [-0.15, -0.1) is 13.2 Å². The molecular weight excluding hydrogens is 351 g/mol. The fourth-order valence-corrected chi connectivity index (χ4v) is 2.54. The molecule has 0 aromatic heterocycles. The Hall–Kier alpha value is -0.830. The van der Waals surface area contributed by atoms with E-state index in [-0.39, 0.29) is 10.2 Å². The first-order valence-corrected chi connectivity index (χ1v) is 7.34. The van der Waals surface area contributed by atoms with Crippen molar-refractivity contribution >= 4 is 15.9 Å². The van der Waals surface area contributed by atoms with Crippen LogP contribution < -0.4 is 10.2 Å². The summed E-state index contributed by atoms with van der Waals surface area (Å²) < 4.78 is 40.7. The van der Waals surface area contributed by atoms with Gasteiger partial charge in [-0.05, 0) is 40.7 Å². The van der Waals surface area contributed by atoms with E-state index in [2.05, 4.69) is 43.0 Å². The van der Waals surface area contributed by atoms with Gasteiger partial charge in [-0.25, -0.2) is 5.01 Å². The van der Waals surface area contributed by atoms with Gasteiger partial charge in [-0.1, -0.05) is 6.07 Å². The molecule has 0 aliphatic carbocycles. The van der Waals surface area contributed by atoms with Crippen molar-refractivity contribution < 1.29 is 17.9 Å². The number of ether oxygens (including phenoxy) is 1. The van der Waals surface area contributed by atoms with Crippen molar-refractivity contribution in [2.24, 2.45) is 0 Å². The first-order chi connectivity index (χ1) is 9.83. The molecule has 1 fully saturated rings.